The van der Waals surface area contributed by atoms with Crippen molar-refractivity contribution in [3.05, 3.63) is 35.0 Å². The number of benzene rings is 1. The number of nitrogens with zero attached hydrogens (tertiary/aromatic N) is 2. The topological polar surface area (TPSA) is 66.2 Å². The van der Waals surface area contributed by atoms with Crippen LogP contribution >= 0.6 is 22.9 Å². The van der Waals surface area contributed by atoms with E-state index < -0.39 is 0 Å². The van der Waals surface area contributed by atoms with Crippen molar-refractivity contribution in [3.63, 3.8) is 0 Å². The molecule has 96 valence electrons. The molecule has 2 N–H and O–H groups in total. The molecule has 0 spiro atoms. The minimum Gasteiger partial charge on any atom is -0.507 e. The van der Waals surface area contributed by atoms with Crippen molar-refractivity contribution in [1.29, 1.82) is 0 Å². The molecule has 19 heavy (non-hydrogen) atoms. The van der Waals surface area contributed by atoms with Gasteiger partial charge in [0.1, 0.15) is 26.9 Å². The van der Waals surface area contributed by atoms with Crippen LogP contribution in [0.3, 0.4) is 0 Å². The first-order valence-electron chi connectivity index (χ1n) is 5.50. The van der Waals surface area contributed by atoms with Gasteiger partial charge in [0.05, 0.1) is 10.6 Å². The molecule has 0 atom stereocenters. The van der Waals surface area contributed by atoms with Crippen LogP contribution in [0.15, 0.2) is 24.3 Å². The molecule has 0 aliphatic carbocycles. The van der Waals surface area contributed by atoms with Crippen LogP contribution in [0, 0.1) is 6.92 Å². The van der Waals surface area contributed by atoms with E-state index in [1.54, 1.807) is 0 Å². The highest BCUT2D eigenvalue weighted by molar-refractivity contribution is 7.21. The standard InChI is InChI=1S/C13H9ClN2O2S/c1-6-2-3-9-13(15-6)19-12(16-9)7-4-8(14)11(18)5-10(7)17/h2-5,17-18H,1H3. The van der Waals surface area contributed by atoms with Crippen LogP contribution < -0.4 is 0 Å². The van der Waals surface area contributed by atoms with Crippen molar-refractivity contribution in [2.45, 2.75) is 6.92 Å². The van der Waals surface area contributed by atoms with Gasteiger partial charge in [-0.15, -0.1) is 0 Å². The molecule has 0 saturated carbocycles. The van der Waals surface area contributed by atoms with Gasteiger partial charge in [0.2, 0.25) is 0 Å². The van der Waals surface area contributed by atoms with E-state index in [0.29, 0.717) is 10.6 Å². The van der Waals surface area contributed by atoms with Crippen LogP contribution in [-0.4, -0.2) is 20.2 Å². The third-order valence-corrected chi connectivity index (χ3v) is 3.99. The summed E-state index contributed by atoms with van der Waals surface area (Å²) in [5, 5.41) is 20.1. The number of aromatic nitrogens is 2. The SMILES string of the molecule is Cc1ccc2nc(-c3cc(Cl)c(O)cc3O)sc2n1. The fraction of sp³-hybridized carbons (Fsp3) is 0.0769. The maximum absolute atomic E-state index is 9.88. The monoisotopic (exact) mass is 292 g/mol. The number of phenols is 2. The molecule has 0 radical (unpaired) electrons. The molecular weight excluding hydrogens is 284 g/mol. The zero-order valence-electron chi connectivity index (χ0n) is 9.88. The molecule has 6 heteroatoms. The van der Waals surface area contributed by atoms with Crippen LogP contribution in [0.1, 0.15) is 5.69 Å². The number of phenolic OH excluding ortho intramolecular Hbond substituents is 2. The van der Waals surface area contributed by atoms with Gasteiger partial charge in [-0.2, -0.15) is 0 Å². The zero-order chi connectivity index (χ0) is 13.6. The maximum Gasteiger partial charge on any atom is 0.144 e. The van der Waals surface area contributed by atoms with Crippen molar-refractivity contribution in [2.75, 3.05) is 0 Å². The Morgan fingerprint density at radius 3 is 2.68 bits per heavy atom. The van der Waals surface area contributed by atoms with Crippen LogP contribution in [0.5, 0.6) is 11.5 Å². The molecule has 2 heterocycles. The van der Waals surface area contributed by atoms with E-state index in [0.717, 1.165) is 16.0 Å². The average Bonchev–Trinajstić information content (AvgIpc) is 2.76. The van der Waals surface area contributed by atoms with E-state index >= 15 is 0 Å². The molecule has 0 bridgehead atoms. The highest BCUT2D eigenvalue weighted by Gasteiger charge is 2.14. The lowest BCUT2D eigenvalue weighted by atomic mass is 10.2. The number of aryl methyl sites for hydroxylation is 1. The highest BCUT2D eigenvalue weighted by Crippen LogP contribution is 2.39. The first kappa shape index (κ1) is 12.2. The third-order valence-electron chi connectivity index (χ3n) is 2.69. The molecule has 1 aromatic carbocycles. The minimum absolute atomic E-state index is 0.0577. The first-order chi connectivity index (χ1) is 9.04. The smallest absolute Gasteiger partial charge is 0.144 e. The van der Waals surface area contributed by atoms with Crippen molar-refractivity contribution < 1.29 is 10.2 Å². The molecule has 0 aliphatic rings. The fourth-order valence-electron chi connectivity index (χ4n) is 1.75. The van der Waals surface area contributed by atoms with Gasteiger partial charge < -0.3 is 10.2 Å². The predicted molar refractivity (Wildman–Crippen MR) is 75.9 cm³/mol. The van der Waals surface area contributed by atoms with Gasteiger partial charge in [-0.05, 0) is 25.1 Å². The van der Waals surface area contributed by atoms with Crippen LogP contribution in [-0.2, 0) is 0 Å². The van der Waals surface area contributed by atoms with Gasteiger partial charge in [-0.3, -0.25) is 0 Å². The van der Waals surface area contributed by atoms with E-state index in [4.69, 9.17) is 11.6 Å². The normalized spacial score (nSPS) is 11.1. The lowest BCUT2D eigenvalue weighted by molar-refractivity contribution is 0.452. The summed E-state index contributed by atoms with van der Waals surface area (Å²) in [6.45, 7) is 1.91. The molecule has 0 amide bonds. The van der Waals surface area contributed by atoms with E-state index in [2.05, 4.69) is 9.97 Å². The maximum atomic E-state index is 9.88. The second kappa shape index (κ2) is 4.36. The largest absolute Gasteiger partial charge is 0.507 e. The average molecular weight is 293 g/mol. The Kier molecular flexibility index (Phi) is 2.80. The van der Waals surface area contributed by atoms with Gasteiger partial charge in [0, 0.05) is 11.8 Å². The van der Waals surface area contributed by atoms with Gasteiger partial charge in [0.15, 0.2) is 0 Å². The summed E-state index contributed by atoms with van der Waals surface area (Å²) < 4.78 is 0. The Bertz CT molecular complexity index is 786. The zero-order valence-corrected chi connectivity index (χ0v) is 11.5. The summed E-state index contributed by atoms with van der Waals surface area (Å²) in [6.07, 6.45) is 0. The Morgan fingerprint density at radius 2 is 1.89 bits per heavy atom. The number of hydrogen-bond acceptors (Lipinski definition) is 5. The summed E-state index contributed by atoms with van der Waals surface area (Å²) in [7, 11) is 0. The Labute approximate surface area is 118 Å². The van der Waals surface area contributed by atoms with Crippen LogP contribution in [0.4, 0.5) is 0 Å². The highest BCUT2D eigenvalue weighted by atomic mass is 35.5. The number of pyridine rings is 1. The molecule has 4 nitrogen and oxygen atoms in total. The number of thiazole rings is 1. The second-order valence-electron chi connectivity index (χ2n) is 4.12. The molecular formula is C13H9ClN2O2S. The number of hydrogen-bond donors (Lipinski definition) is 2. The number of fused-ring (bicyclic) bond motifs is 1. The van der Waals surface area contributed by atoms with Crippen LogP contribution in [0.2, 0.25) is 5.02 Å². The van der Waals surface area contributed by atoms with Crippen molar-refractivity contribution in [1.82, 2.24) is 9.97 Å². The van der Waals surface area contributed by atoms with Crippen molar-refractivity contribution in [3.8, 4) is 22.1 Å². The Balaban J connectivity index is 2.21. The fourth-order valence-corrected chi connectivity index (χ4v) is 2.92. The van der Waals surface area contributed by atoms with E-state index in [1.807, 2.05) is 19.1 Å². The van der Waals surface area contributed by atoms with Gasteiger partial charge in [0.25, 0.3) is 0 Å². The van der Waals surface area contributed by atoms with Gasteiger partial charge in [-0.25, -0.2) is 9.97 Å². The lowest BCUT2D eigenvalue weighted by Gasteiger charge is -2.03. The summed E-state index contributed by atoms with van der Waals surface area (Å²) in [5.41, 5.74) is 2.17. The minimum atomic E-state index is -0.155. The summed E-state index contributed by atoms with van der Waals surface area (Å²) in [5.74, 6) is -0.212. The van der Waals surface area contributed by atoms with E-state index in [1.165, 1.54) is 23.5 Å². The number of rotatable bonds is 1. The number of halogens is 1. The first-order valence-corrected chi connectivity index (χ1v) is 6.70. The lowest BCUT2D eigenvalue weighted by Crippen LogP contribution is -1.80. The molecule has 3 rings (SSSR count). The summed E-state index contributed by atoms with van der Waals surface area (Å²) in [4.78, 5) is 9.60. The van der Waals surface area contributed by atoms with E-state index in [-0.39, 0.29) is 16.5 Å². The molecule has 0 aliphatic heterocycles. The predicted octanol–water partition coefficient (Wildman–Crippen LogP) is 3.73. The summed E-state index contributed by atoms with van der Waals surface area (Å²) >= 11 is 7.23. The third kappa shape index (κ3) is 2.11. The van der Waals surface area contributed by atoms with Gasteiger partial charge >= 0.3 is 0 Å². The van der Waals surface area contributed by atoms with Gasteiger partial charge in [-0.1, -0.05) is 22.9 Å². The summed E-state index contributed by atoms with van der Waals surface area (Å²) in [6, 6.07) is 6.48. The van der Waals surface area contributed by atoms with E-state index in [9.17, 15) is 10.2 Å². The van der Waals surface area contributed by atoms with Crippen LogP contribution in [0.25, 0.3) is 20.9 Å². The second-order valence-corrected chi connectivity index (χ2v) is 5.50. The van der Waals surface area contributed by atoms with Crippen molar-refractivity contribution >= 4 is 33.3 Å². The number of aromatic hydroxyl groups is 2. The molecule has 2 aromatic heterocycles. The molecule has 0 unspecified atom stereocenters. The molecule has 0 fully saturated rings. The Morgan fingerprint density at radius 1 is 1.11 bits per heavy atom. The molecule has 3 aromatic rings. The molecule has 0 saturated heterocycles. The Hall–Kier alpha value is -1.85. The van der Waals surface area contributed by atoms with Crippen molar-refractivity contribution in [2.24, 2.45) is 0 Å². The quantitative estimate of drug-likeness (QED) is 0.717.